The number of aromatic hydroxyl groups is 1. The van der Waals surface area contributed by atoms with Crippen LogP contribution in [0.4, 0.5) is 52.6 Å². The second kappa shape index (κ2) is 11.7. The van der Waals surface area contributed by atoms with Gasteiger partial charge in [0.15, 0.2) is 0 Å². The third-order valence-electron chi connectivity index (χ3n) is 7.68. The number of phenolic OH excluding ortho intramolecular Hbond substituents is 1. The van der Waals surface area contributed by atoms with Gasteiger partial charge in [0.05, 0.1) is 27.5 Å². The van der Waals surface area contributed by atoms with E-state index in [9.17, 15) is 36.2 Å². The number of hydrogen-bond acceptors (Lipinski definition) is 4. The second-order valence-corrected chi connectivity index (χ2v) is 12.4. The van der Waals surface area contributed by atoms with Crippen molar-refractivity contribution in [1.82, 2.24) is 5.32 Å². The first kappa shape index (κ1) is 32.3. The molecule has 5 nitrogen and oxygen atoms in total. The minimum absolute atomic E-state index is 0.0483. The second-order valence-electron chi connectivity index (χ2n) is 11.5. The third-order valence-corrected chi connectivity index (χ3v) is 8.90. The summed E-state index contributed by atoms with van der Waals surface area (Å²) < 4.78 is 95.1. The molecule has 3 aromatic rings. The molecule has 0 saturated carbocycles. The molecule has 2 aliphatic heterocycles. The molecule has 238 valence electrons. The van der Waals surface area contributed by atoms with Crippen molar-refractivity contribution in [2.24, 2.45) is 0 Å². The van der Waals surface area contributed by atoms with Crippen LogP contribution in [0.2, 0.25) is 0 Å². The van der Waals surface area contributed by atoms with Crippen molar-refractivity contribution in [3.05, 3.63) is 93.1 Å². The summed E-state index contributed by atoms with van der Waals surface area (Å²) in [4.78, 5) is 14.0. The maximum Gasteiger partial charge on any atom is 0.422 e. The van der Waals surface area contributed by atoms with Crippen LogP contribution in [0.3, 0.4) is 0 Å². The summed E-state index contributed by atoms with van der Waals surface area (Å²) in [6.45, 7) is 5.23. The number of nitrogens with zero attached hydrogens (tertiary/aromatic N) is 1. The van der Waals surface area contributed by atoms with Crippen LogP contribution in [0.15, 0.2) is 76.2 Å². The molecule has 0 bridgehead atoms. The van der Waals surface area contributed by atoms with Gasteiger partial charge in [-0.2, -0.15) is 26.3 Å². The smallest absolute Gasteiger partial charge is 0.422 e. The van der Waals surface area contributed by atoms with Gasteiger partial charge in [0, 0.05) is 29.3 Å². The van der Waals surface area contributed by atoms with E-state index in [1.54, 1.807) is 29.2 Å². The van der Waals surface area contributed by atoms with E-state index in [0.717, 1.165) is 18.2 Å². The topological polar surface area (TPSA) is 64.6 Å². The van der Waals surface area contributed by atoms with Crippen molar-refractivity contribution in [3.8, 4) is 16.9 Å². The minimum Gasteiger partial charge on any atom is -0.506 e. The molecule has 2 heterocycles. The maximum atomic E-state index is 15.5. The van der Waals surface area contributed by atoms with Gasteiger partial charge in [-0.1, -0.05) is 55.4 Å². The molecule has 0 aromatic heterocycles. The third kappa shape index (κ3) is 6.49. The Morgan fingerprint density at radius 3 is 2.27 bits per heavy atom. The minimum atomic E-state index is -4.57. The first-order chi connectivity index (χ1) is 21.0. The first-order valence-electron chi connectivity index (χ1n) is 13.8. The summed E-state index contributed by atoms with van der Waals surface area (Å²) in [6, 6.07) is 10.9. The standard InChI is InChI=1S/C32H28F7N3O2S/c1-17-8-13-20(15-45-28(17)32(37,38)39)40-29(44)41-22-6-4-5-7-23(22)42-16-30(2,3)26-25(21(33)14-24(43)27(26)42)18-9-11-19(12-10-18)31(34,35)36/h4-7,9-12,14-15,43H,8,13,16H2,1-3H3,(H2,40,41,44). The number of benzene rings is 3. The SMILES string of the molecule is CC1=C(C(F)(F)F)SC=C(NC(=O)Nc2ccccc2N2CC(C)(C)c3c(-c4ccc(C(F)(F)F)cc4)c(F)cc(O)c32)CC1. The van der Waals surface area contributed by atoms with E-state index in [0.29, 0.717) is 34.4 Å². The molecule has 0 radical (unpaired) electrons. The molecule has 13 heteroatoms. The van der Waals surface area contributed by atoms with Crippen LogP contribution < -0.4 is 15.5 Å². The molecule has 2 amide bonds. The molecule has 0 fully saturated rings. The molecular weight excluding hydrogens is 623 g/mol. The zero-order valence-corrected chi connectivity index (χ0v) is 25.1. The largest absolute Gasteiger partial charge is 0.506 e. The van der Waals surface area contributed by atoms with Gasteiger partial charge < -0.3 is 20.6 Å². The number of urea groups is 1. The number of allylic oxidation sites excluding steroid dienone is 3. The number of halogens is 7. The Morgan fingerprint density at radius 2 is 1.62 bits per heavy atom. The van der Waals surface area contributed by atoms with E-state index < -0.39 is 45.8 Å². The molecule has 0 spiro atoms. The summed E-state index contributed by atoms with van der Waals surface area (Å²) in [5.74, 6) is -1.20. The van der Waals surface area contributed by atoms with Gasteiger partial charge in [0.2, 0.25) is 0 Å². The number of phenols is 1. The molecule has 2 aliphatic rings. The van der Waals surface area contributed by atoms with E-state index >= 15 is 4.39 Å². The lowest BCUT2D eigenvalue weighted by atomic mass is 9.81. The van der Waals surface area contributed by atoms with Gasteiger partial charge >= 0.3 is 18.4 Å². The highest BCUT2D eigenvalue weighted by molar-refractivity contribution is 8.05. The maximum absolute atomic E-state index is 15.5. The zero-order valence-electron chi connectivity index (χ0n) is 24.3. The van der Waals surface area contributed by atoms with Crippen molar-refractivity contribution < 1.29 is 40.6 Å². The Hall–Kier alpha value is -4.13. The van der Waals surface area contributed by atoms with Gasteiger partial charge in [-0.15, -0.1) is 0 Å². The number of para-hydroxylation sites is 2. The predicted octanol–water partition coefficient (Wildman–Crippen LogP) is 9.97. The predicted molar refractivity (Wildman–Crippen MR) is 161 cm³/mol. The van der Waals surface area contributed by atoms with Crippen LogP contribution in [-0.2, 0) is 11.6 Å². The van der Waals surface area contributed by atoms with E-state index in [4.69, 9.17) is 0 Å². The summed E-state index contributed by atoms with van der Waals surface area (Å²) in [5, 5.41) is 17.6. The zero-order chi connectivity index (χ0) is 32.9. The lowest BCUT2D eigenvalue weighted by molar-refractivity contribution is -0.137. The van der Waals surface area contributed by atoms with E-state index in [2.05, 4.69) is 10.6 Å². The van der Waals surface area contributed by atoms with Crippen molar-refractivity contribution in [3.63, 3.8) is 0 Å². The number of alkyl halides is 6. The van der Waals surface area contributed by atoms with Crippen LogP contribution in [0.1, 0.15) is 44.7 Å². The van der Waals surface area contributed by atoms with Crippen LogP contribution in [-0.4, -0.2) is 23.9 Å². The van der Waals surface area contributed by atoms with Crippen molar-refractivity contribution in [2.75, 3.05) is 16.8 Å². The summed E-state index contributed by atoms with van der Waals surface area (Å²) in [7, 11) is 0. The first-order valence-corrected chi connectivity index (χ1v) is 14.7. The number of carbonyl (C=O) groups excluding carboxylic acids is 1. The number of amides is 2. The number of rotatable bonds is 4. The van der Waals surface area contributed by atoms with Crippen molar-refractivity contribution >= 4 is 34.9 Å². The normalized spacial score (nSPS) is 16.7. The van der Waals surface area contributed by atoms with E-state index in [-0.39, 0.29) is 41.8 Å². The molecule has 0 atom stereocenters. The molecular formula is C32H28F7N3O2S. The number of anilines is 3. The fourth-order valence-corrected chi connectivity index (χ4v) is 6.54. The van der Waals surface area contributed by atoms with Crippen LogP contribution >= 0.6 is 11.8 Å². The highest BCUT2D eigenvalue weighted by atomic mass is 32.2. The Morgan fingerprint density at radius 1 is 0.956 bits per heavy atom. The molecule has 3 N–H and O–H groups in total. The van der Waals surface area contributed by atoms with Gasteiger partial charge in [-0.25, -0.2) is 9.18 Å². The lowest BCUT2D eigenvalue weighted by Crippen LogP contribution is -2.30. The molecule has 3 aromatic carbocycles. The van der Waals surface area contributed by atoms with Crippen LogP contribution in [0.25, 0.3) is 11.1 Å². The van der Waals surface area contributed by atoms with Gasteiger partial charge in [0.25, 0.3) is 0 Å². The number of nitrogens with one attached hydrogen (secondary N) is 2. The number of hydrogen-bond donors (Lipinski definition) is 3. The Balaban J connectivity index is 1.46. The average molecular weight is 652 g/mol. The molecule has 0 aliphatic carbocycles. The lowest BCUT2D eigenvalue weighted by Gasteiger charge is -2.25. The Labute approximate surface area is 258 Å². The van der Waals surface area contributed by atoms with Gasteiger partial charge in [-0.3, -0.25) is 0 Å². The Bertz CT molecular complexity index is 1710. The van der Waals surface area contributed by atoms with Crippen LogP contribution in [0.5, 0.6) is 5.75 Å². The molecule has 0 saturated heterocycles. The molecule has 5 rings (SSSR count). The van der Waals surface area contributed by atoms with Crippen molar-refractivity contribution in [1.29, 1.82) is 0 Å². The number of carbonyl (C=O) groups is 1. The highest BCUT2D eigenvalue weighted by Crippen LogP contribution is 2.54. The monoisotopic (exact) mass is 651 g/mol. The quantitative estimate of drug-likeness (QED) is 0.246. The summed E-state index contributed by atoms with van der Waals surface area (Å²) >= 11 is 0.503. The fraction of sp³-hybridized carbons (Fsp3) is 0.281. The van der Waals surface area contributed by atoms with E-state index in [1.165, 1.54) is 24.5 Å². The molecule has 0 unspecified atom stereocenters. The van der Waals surface area contributed by atoms with Crippen molar-refractivity contribution in [2.45, 2.75) is 51.4 Å². The summed E-state index contributed by atoms with van der Waals surface area (Å²) in [6.07, 6.45) is -8.77. The van der Waals surface area contributed by atoms with Gasteiger partial charge in [0.1, 0.15) is 11.6 Å². The number of thioether (sulfide) groups is 1. The fourth-order valence-electron chi connectivity index (χ4n) is 5.67. The summed E-state index contributed by atoms with van der Waals surface area (Å²) in [5.41, 5.74) is 0.365. The number of fused-ring (bicyclic) bond motifs is 1. The molecule has 45 heavy (non-hydrogen) atoms. The van der Waals surface area contributed by atoms with Gasteiger partial charge in [-0.05, 0) is 60.6 Å². The van der Waals surface area contributed by atoms with E-state index in [1.807, 2.05) is 13.8 Å². The average Bonchev–Trinajstić information content (AvgIpc) is 3.08. The Kier molecular flexibility index (Phi) is 8.36. The highest BCUT2D eigenvalue weighted by Gasteiger charge is 2.42. The van der Waals surface area contributed by atoms with Crippen LogP contribution in [0, 0.1) is 5.82 Å².